The number of unbranched alkanes of at least 4 members (excludes halogenated alkanes) is 1. The van der Waals surface area contributed by atoms with E-state index in [1.165, 1.54) is 32.1 Å². The van der Waals surface area contributed by atoms with Gasteiger partial charge in [-0.25, -0.2) is 0 Å². The summed E-state index contributed by atoms with van der Waals surface area (Å²) in [5.41, 5.74) is 1.26. The van der Waals surface area contributed by atoms with Gasteiger partial charge in [-0.05, 0) is 49.2 Å². The van der Waals surface area contributed by atoms with Crippen molar-refractivity contribution in [2.45, 2.75) is 64.7 Å². The summed E-state index contributed by atoms with van der Waals surface area (Å²) in [5.74, 6) is 0.523. The summed E-state index contributed by atoms with van der Waals surface area (Å²) in [7, 11) is 0. The normalized spacial score (nSPS) is 14.4. The summed E-state index contributed by atoms with van der Waals surface area (Å²) in [6.45, 7) is 2.75. The molecule has 1 saturated carbocycles. The number of rotatable bonds is 8. The van der Waals surface area contributed by atoms with Crippen LogP contribution in [0.15, 0.2) is 24.3 Å². The number of carbonyl (C=O) groups is 2. The molecule has 0 aliphatic heterocycles. The number of hydrogen-bond acceptors (Lipinski definition) is 3. The van der Waals surface area contributed by atoms with Crippen LogP contribution in [0.2, 0.25) is 0 Å². The van der Waals surface area contributed by atoms with Gasteiger partial charge in [0.15, 0.2) is 5.11 Å². The third-order valence-corrected chi connectivity index (χ3v) is 5.16. The third-order valence-electron chi connectivity index (χ3n) is 4.96. The number of carbonyl (C=O) groups excluding carboxylic acids is 2. The Kier molecular flexibility index (Phi) is 9.25. The SMILES string of the molecule is CCCCNC(=O)c1cccc(NC(=S)NC(=O)CCC2CCCCC2)c1. The van der Waals surface area contributed by atoms with Gasteiger partial charge in [0.05, 0.1) is 0 Å². The van der Waals surface area contributed by atoms with Gasteiger partial charge in [0.25, 0.3) is 5.91 Å². The van der Waals surface area contributed by atoms with E-state index in [-0.39, 0.29) is 16.9 Å². The van der Waals surface area contributed by atoms with E-state index in [0.29, 0.717) is 30.1 Å². The molecule has 0 unspecified atom stereocenters. The lowest BCUT2D eigenvalue weighted by molar-refractivity contribution is -0.120. The number of anilines is 1. The maximum absolute atomic E-state index is 12.1. The molecule has 2 rings (SSSR count). The van der Waals surface area contributed by atoms with Crippen LogP contribution in [-0.4, -0.2) is 23.5 Å². The van der Waals surface area contributed by atoms with Gasteiger partial charge in [0, 0.05) is 24.2 Å². The Morgan fingerprint density at radius 3 is 2.70 bits per heavy atom. The van der Waals surface area contributed by atoms with Crippen LogP contribution in [0.25, 0.3) is 0 Å². The van der Waals surface area contributed by atoms with Crippen LogP contribution in [0.3, 0.4) is 0 Å². The molecule has 0 saturated heterocycles. The molecular formula is C21H31N3O2S. The first kappa shape index (κ1) is 21.4. The van der Waals surface area contributed by atoms with Crippen LogP contribution in [0.5, 0.6) is 0 Å². The first-order chi connectivity index (χ1) is 13.1. The molecule has 0 atom stereocenters. The van der Waals surface area contributed by atoms with E-state index >= 15 is 0 Å². The zero-order valence-electron chi connectivity index (χ0n) is 16.2. The van der Waals surface area contributed by atoms with Gasteiger partial charge < -0.3 is 16.0 Å². The second kappa shape index (κ2) is 11.7. The molecule has 0 aromatic heterocycles. The Bertz CT molecular complexity index is 642. The van der Waals surface area contributed by atoms with Crippen molar-refractivity contribution >= 4 is 34.8 Å². The summed E-state index contributed by atoms with van der Waals surface area (Å²) in [5, 5.41) is 8.89. The van der Waals surface area contributed by atoms with E-state index in [1.54, 1.807) is 18.2 Å². The lowest BCUT2D eigenvalue weighted by atomic mass is 9.86. The standard InChI is InChI=1S/C21H31N3O2S/c1-2-3-14-22-20(26)17-10-7-11-18(15-17)23-21(27)24-19(25)13-12-16-8-5-4-6-9-16/h7,10-11,15-16H,2-6,8-9,12-14H2,1H3,(H,22,26)(H2,23,24,25,27). The molecule has 27 heavy (non-hydrogen) atoms. The quantitative estimate of drug-likeness (QED) is 0.455. The molecular weight excluding hydrogens is 358 g/mol. The summed E-state index contributed by atoms with van der Waals surface area (Å²) in [6, 6.07) is 7.12. The van der Waals surface area contributed by atoms with Crippen LogP contribution in [0.1, 0.15) is 75.1 Å². The average Bonchev–Trinajstić information content (AvgIpc) is 2.67. The highest BCUT2D eigenvalue weighted by Gasteiger charge is 2.15. The Hall–Kier alpha value is -1.95. The third kappa shape index (κ3) is 8.08. The smallest absolute Gasteiger partial charge is 0.251 e. The fourth-order valence-electron chi connectivity index (χ4n) is 3.38. The highest BCUT2D eigenvalue weighted by atomic mass is 32.1. The number of thiocarbonyl (C=S) groups is 1. The topological polar surface area (TPSA) is 70.2 Å². The summed E-state index contributed by atoms with van der Waals surface area (Å²) < 4.78 is 0. The van der Waals surface area contributed by atoms with E-state index in [4.69, 9.17) is 12.2 Å². The molecule has 0 bridgehead atoms. The zero-order chi connectivity index (χ0) is 19.5. The molecule has 148 valence electrons. The molecule has 0 heterocycles. The predicted molar refractivity (Wildman–Crippen MR) is 114 cm³/mol. The molecule has 0 spiro atoms. The lowest BCUT2D eigenvalue weighted by Gasteiger charge is -2.21. The van der Waals surface area contributed by atoms with Gasteiger partial charge in [0.1, 0.15) is 0 Å². The maximum Gasteiger partial charge on any atom is 0.251 e. The van der Waals surface area contributed by atoms with Gasteiger partial charge in [-0.15, -0.1) is 0 Å². The second-order valence-electron chi connectivity index (χ2n) is 7.24. The van der Waals surface area contributed by atoms with Crippen molar-refractivity contribution in [1.29, 1.82) is 0 Å². The maximum atomic E-state index is 12.1. The number of amides is 2. The first-order valence-electron chi connectivity index (χ1n) is 10.1. The molecule has 3 N–H and O–H groups in total. The average molecular weight is 390 g/mol. The molecule has 1 aromatic rings. The largest absolute Gasteiger partial charge is 0.352 e. The van der Waals surface area contributed by atoms with Gasteiger partial charge in [-0.1, -0.05) is 51.5 Å². The zero-order valence-corrected chi connectivity index (χ0v) is 17.0. The van der Waals surface area contributed by atoms with E-state index in [2.05, 4.69) is 22.9 Å². The van der Waals surface area contributed by atoms with Gasteiger partial charge in [-0.3, -0.25) is 9.59 Å². The van der Waals surface area contributed by atoms with Crippen molar-refractivity contribution in [3.8, 4) is 0 Å². The fraction of sp³-hybridized carbons (Fsp3) is 0.571. The monoisotopic (exact) mass is 389 g/mol. The van der Waals surface area contributed by atoms with Crippen molar-refractivity contribution in [3.63, 3.8) is 0 Å². The Balaban J connectivity index is 1.76. The molecule has 6 heteroatoms. The Morgan fingerprint density at radius 1 is 1.19 bits per heavy atom. The molecule has 5 nitrogen and oxygen atoms in total. The Labute approximate surface area is 167 Å². The summed E-state index contributed by atoms with van der Waals surface area (Å²) in [6.07, 6.45) is 9.81. The minimum atomic E-state index is -0.102. The van der Waals surface area contributed by atoms with E-state index in [0.717, 1.165) is 19.3 Å². The molecule has 1 fully saturated rings. The van der Waals surface area contributed by atoms with Crippen LogP contribution >= 0.6 is 12.2 Å². The summed E-state index contributed by atoms with van der Waals surface area (Å²) >= 11 is 5.23. The van der Waals surface area contributed by atoms with Crippen molar-refractivity contribution in [1.82, 2.24) is 10.6 Å². The van der Waals surface area contributed by atoms with Crippen LogP contribution in [-0.2, 0) is 4.79 Å². The van der Waals surface area contributed by atoms with Gasteiger partial charge in [0.2, 0.25) is 5.91 Å². The Morgan fingerprint density at radius 2 is 1.96 bits per heavy atom. The molecule has 0 radical (unpaired) electrons. The van der Waals surface area contributed by atoms with Gasteiger partial charge in [-0.2, -0.15) is 0 Å². The minimum Gasteiger partial charge on any atom is -0.352 e. The summed E-state index contributed by atoms with van der Waals surface area (Å²) in [4.78, 5) is 24.2. The highest BCUT2D eigenvalue weighted by Crippen LogP contribution is 2.27. The molecule has 1 aliphatic rings. The van der Waals surface area contributed by atoms with Crippen LogP contribution < -0.4 is 16.0 Å². The number of benzene rings is 1. The molecule has 2 amide bonds. The minimum absolute atomic E-state index is 0.0495. The fourth-order valence-corrected chi connectivity index (χ4v) is 3.61. The van der Waals surface area contributed by atoms with Crippen molar-refractivity contribution in [2.24, 2.45) is 5.92 Å². The van der Waals surface area contributed by atoms with E-state index < -0.39 is 0 Å². The predicted octanol–water partition coefficient (Wildman–Crippen LogP) is 4.39. The van der Waals surface area contributed by atoms with Crippen LogP contribution in [0.4, 0.5) is 5.69 Å². The number of hydrogen-bond donors (Lipinski definition) is 3. The second-order valence-corrected chi connectivity index (χ2v) is 7.64. The van der Waals surface area contributed by atoms with E-state index in [1.807, 2.05) is 6.07 Å². The molecule has 1 aliphatic carbocycles. The van der Waals surface area contributed by atoms with Gasteiger partial charge >= 0.3 is 0 Å². The highest BCUT2D eigenvalue weighted by molar-refractivity contribution is 7.80. The first-order valence-corrected chi connectivity index (χ1v) is 10.5. The van der Waals surface area contributed by atoms with Crippen LogP contribution in [0, 0.1) is 5.92 Å². The van der Waals surface area contributed by atoms with E-state index in [9.17, 15) is 9.59 Å². The number of nitrogens with one attached hydrogen (secondary N) is 3. The van der Waals surface area contributed by atoms with Crippen molar-refractivity contribution in [3.05, 3.63) is 29.8 Å². The lowest BCUT2D eigenvalue weighted by Crippen LogP contribution is -2.34. The molecule has 1 aromatic carbocycles. The van der Waals surface area contributed by atoms with Crippen molar-refractivity contribution < 1.29 is 9.59 Å². The van der Waals surface area contributed by atoms with Crippen molar-refractivity contribution in [2.75, 3.05) is 11.9 Å².